The van der Waals surface area contributed by atoms with Crippen molar-refractivity contribution in [2.45, 2.75) is 154 Å². The summed E-state index contributed by atoms with van der Waals surface area (Å²) >= 11 is 1.57. The summed E-state index contributed by atoms with van der Waals surface area (Å²) in [6, 6.07) is 33.1. The Balaban J connectivity index is 0.679. The van der Waals surface area contributed by atoms with Gasteiger partial charge in [0.15, 0.2) is 0 Å². The molecule has 10 rings (SSSR count). The summed E-state index contributed by atoms with van der Waals surface area (Å²) in [5, 5.41) is 22.7. The molecule has 4 heterocycles. The number of hydrogen-bond donors (Lipinski definition) is 6. The third-order valence-corrected chi connectivity index (χ3v) is 18.2. The zero-order chi connectivity index (χ0) is 61.5. The minimum Gasteiger partial charge on any atom is -0.449 e. The van der Waals surface area contributed by atoms with Crippen LogP contribution in [0.2, 0.25) is 0 Å². The van der Waals surface area contributed by atoms with E-state index in [0.717, 1.165) is 66.2 Å². The average molecular weight is 1200 g/mol. The summed E-state index contributed by atoms with van der Waals surface area (Å²) in [5.41, 5.74) is 18.3. The number of alkyl carbamates (subject to hydrolysis) is 1. The minimum atomic E-state index is -0.951. The summed E-state index contributed by atoms with van der Waals surface area (Å²) < 4.78 is 12.0. The number of unbranched alkanes of at least 4 members (excludes halogenated alkanes) is 1. The molecule has 0 saturated carbocycles. The molecule has 456 valence electrons. The number of aromatic nitrogens is 1. The van der Waals surface area contributed by atoms with E-state index >= 15 is 0 Å². The van der Waals surface area contributed by atoms with Crippen LogP contribution in [0.5, 0.6) is 0 Å². The maximum atomic E-state index is 14.5. The molecule has 19 heteroatoms. The summed E-state index contributed by atoms with van der Waals surface area (Å²) in [6.45, 7) is 9.79. The molecule has 7 N–H and O–H groups in total. The summed E-state index contributed by atoms with van der Waals surface area (Å²) in [4.78, 5) is 104. The van der Waals surface area contributed by atoms with Crippen molar-refractivity contribution >= 4 is 58.6 Å². The molecule has 0 spiro atoms. The Morgan fingerprint density at radius 2 is 1.48 bits per heavy atom. The monoisotopic (exact) mass is 1200 g/mol. The number of rotatable bonds is 23. The third kappa shape index (κ3) is 14.4. The first-order valence-electron chi connectivity index (χ1n) is 30.2. The molecule has 0 unspecified atom stereocenters. The number of ether oxygens (including phenoxy) is 2. The van der Waals surface area contributed by atoms with Crippen LogP contribution in [0.15, 0.2) is 121 Å². The molecule has 1 saturated heterocycles. The second-order valence-electron chi connectivity index (χ2n) is 24.5. The van der Waals surface area contributed by atoms with E-state index in [2.05, 4.69) is 38.4 Å². The number of benzene rings is 5. The van der Waals surface area contributed by atoms with E-state index in [1.165, 1.54) is 9.80 Å². The zero-order valence-corrected chi connectivity index (χ0v) is 50.8. The summed E-state index contributed by atoms with van der Waals surface area (Å²) in [7, 11) is 0. The molecule has 1 fully saturated rings. The Kier molecular flexibility index (Phi) is 19.3. The van der Waals surface area contributed by atoms with Crippen molar-refractivity contribution in [2.24, 2.45) is 11.1 Å². The number of para-hydroxylation sites is 1. The number of aliphatic hydroxyl groups excluding tert-OH is 1. The quantitative estimate of drug-likeness (QED) is 0.0333. The normalized spacial score (nSPS) is 18.8. The molecule has 7 amide bonds. The first-order chi connectivity index (χ1) is 41.8. The van der Waals surface area contributed by atoms with Gasteiger partial charge in [-0.15, -0.1) is 11.3 Å². The minimum absolute atomic E-state index is 0.0000929. The van der Waals surface area contributed by atoms with Crippen molar-refractivity contribution in [3.8, 4) is 21.6 Å². The Hall–Kier alpha value is -8.26. The fourth-order valence-electron chi connectivity index (χ4n) is 12.6. The lowest BCUT2D eigenvalue weighted by Crippen LogP contribution is -2.57. The van der Waals surface area contributed by atoms with Crippen LogP contribution in [0, 0.1) is 12.3 Å². The number of anilines is 1. The molecular weight excluding hydrogens is 1120 g/mol. The van der Waals surface area contributed by atoms with Gasteiger partial charge in [0.25, 0.3) is 0 Å². The van der Waals surface area contributed by atoms with Crippen LogP contribution >= 0.6 is 11.3 Å². The number of fused-ring (bicyclic) bond motifs is 3. The number of nitrogens with zero attached hydrogens (tertiary/aromatic N) is 3. The van der Waals surface area contributed by atoms with E-state index in [1.54, 1.807) is 11.3 Å². The number of carbonyl (C=O) groups is 7. The molecule has 6 aromatic rings. The van der Waals surface area contributed by atoms with E-state index in [1.807, 2.05) is 143 Å². The van der Waals surface area contributed by atoms with Gasteiger partial charge >= 0.3 is 6.09 Å². The maximum Gasteiger partial charge on any atom is 0.407 e. The first-order valence-corrected chi connectivity index (χ1v) is 31.1. The topological polar surface area (TPSA) is 252 Å². The number of carbonyl (C=O) groups excluding carboxylic acids is 7. The average Bonchev–Trinajstić information content (AvgIpc) is 1.70. The van der Waals surface area contributed by atoms with Gasteiger partial charge in [-0.05, 0) is 113 Å². The molecule has 4 aliphatic rings. The number of aliphatic hydroxyl groups is 1. The number of thiazole rings is 1. The molecule has 5 aromatic carbocycles. The SMILES string of the molecule is Cc1ncsc1-c1ccc([C@H](C)NC(=O)[C@@H]2C[C@@H](O)CN2C(=O)[C@@H](NC(=O)CCCCc2ccc(COC[C@H](CCC(N)=O)NC(=O)[C@@H]3Cc4cccc5c4N3C(=O)[C@@H](NC(=O)OCC3c4ccccc4-c4ccccc43)CC5)cc2)C(C)(C)C)cc1. The van der Waals surface area contributed by atoms with E-state index in [9.17, 15) is 38.7 Å². The highest BCUT2D eigenvalue weighted by atomic mass is 32.1. The van der Waals surface area contributed by atoms with Gasteiger partial charge in [-0.2, -0.15) is 0 Å². The predicted molar refractivity (Wildman–Crippen MR) is 332 cm³/mol. The fourth-order valence-corrected chi connectivity index (χ4v) is 13.4. The van der Waals surface area contributed by atoms with Gasteiger partial charge < -0.3 is 46.5 Å². The lowest BCUT2D eigenvalue weighted by atomic mass is 9.85. The predicted octanol–water partition coefficient (Wildman–Crippen LogP) is 8.28. The second-order valence-corrected chi connectivity index (χ2v) is 25.4. The smallest absolute Gasteiger partial charge is 0.407 e. The standard InChI is InChI=1S/C68H78N8O10S/c1-40(44-25-27-46(28-26-44)61-41(2)70-39-87-61)71-63(80)56-34-49(77)35-75(56)66(83)62(68(3,4)5)74-59(79)20-11-6-13-42-21-23-43(24-22-42)36-85-37-48(30-32-58(69)78)72-64(81)57-33-47-15-12-14-45-29-31-55(65(82)76(57)60(45)47)73-67(84)86-38-54-52-18-9-7-16-50(52)51-17-8-10-19-53(51)54/h7-10,12,14-19,21-28,39-40,48-49,54-57,62,77H,6,11,13,20,29-38H2,1-5H3,(H2,69,78)(H,71,80)(H,72,81)(H,73,84)(H,74,79)/t40-,48-,49+,55-,56-,57-,62+/m0/s1. The van der Waals surface area contributed by atoms with Gasteiger partial charge in [0.05, 0.1) is 53.2 Å². The molecule has 3 aliphatic heterocycles. The zero-order valence-electron chi connectivity index (χ0n) is 50.0. The van der Waals surface area contributed by atoms with Crippen LogP contribution < -0.4 is 31.9 Å². The number of aryl methyl sites for hydroxylation is 3. The van der Waals surface area contributed by atoms with Crippen molar-refractivity contribution in [3.05, 3.63) is 165 Å². The lowest BCUT2D eigenvalue weighted by molar-refractivity contribution is -0.144. The Bertz CT molecular complexity index is 3460. The molecule has 18 nitrogen and oxygen atoms in total. The van der Waals surface area contributed by atoms with Crippen LogP contribution in [0.25, 0.3) is 21.6 Å². The molecule has 7 atom stereocenters. The van der Waals surface area contributed by atoms with Crippen LogP contribution in [0.4, 0.5) is 10.5 Å². The Morgan fingerprint density at radius 3 is 2.16 bits per heavy atom. The molecule has 1 aromatic heterocycles. The maximum absolute atomic E-state index is 14.5. The van der Waals surface area contributed by atoms with Crippen molar-refractivity contribution in [2.75, 3.05) is 24.7 Å². The third-order valence-electron chi connectivity index (χ3n) is 17.2. The van der Waals surface area contributed by atoms with Crippen LogP contribution in [-0.2, 0) is 64.1 Å². The highest BCUT2D eigenvalue weighted by molar-refractivity contribution is 7.13. The highest BCUT2D eigenvalue weighted by Crippen LogP contribution is 2.45. The van der Waals surface area contributed by atoms with Gasteiger partial charge in [-0.1, -0.05) is 136 Å². The van der Waals surface area contributed by atoms with Crippen molar-refractivity contribution in [3.63, 3.8) is 0 Å². The molecule has 87 heavy (non-hydrogen) atoms. The van der Waals surface area contributed by atoms with E-state index in [0.29, 0.717) is 37.8 Å². The second kappa shape index (κ2) is 27.2. The fraction of sp³-hybridized carbons (Fsp3) is 0.412. The Morgan fingerprint density at radius 1 is 0.805 bits per heavy atom. The summed E-state index contributed by atoms with van der Waals surface area (Å²) in [6.07, 6.45) is 1.93. The number of amides is 7. The van der Waals surface area contributed by atoms with E-state index in [4.69, 9.17) is 15.2 Å². The number of β-amino-alcohol motifs (C(OH)–C–C–N with tert-alkyl or cyclic N) is 1. The van der Waals surface area contributed by atoms with E-state index in [-0.39, 0.29) is 82.2 Å². The highest BCUT2D eigenvalue weighted by Gasteiger charge is 2.46. The number of likely N-dealkylation sites (tertiary alicyclic amines) is 1. The van der Waals surface area contributed by atoms with Gasteiger partial charge in [0.1, 0.15) is 30.8 Å². The van der Waals surface area contributed by atoms with Gasteiger partial charge in [0, 0.05) is 38.1 Å². The largest absolute Gasteiger partial charge is 0.449 e. The van der Waals surface area contributed by atoms with Crippen molar-refractivity contribution < 1.29 is 48.1 Å². The number of nitrogens with two attached hydrogens (primary N) is 1. The van der Waals surface area contributed by atoms with Crippen molar-refractivity contribution in [1.29, 1.82) is 0 Å². The van der Waals surface area contributed by atoms with Gasteiger partial charge in [-0.3, -0.25) is 33.7 Å². The van der Waals surface area contributed by atoms with Crippen molar-refractivity contribution in [1.82, 2.24) is 31.2 Å². The molecule has 1 aliphatic carbocycles. The molecular formula is C68H78N8O10S. The van der Waals surface area contributed by atoms with Gasteiger partial charge in [-0.25, -0.2) is 9.78 Å². The molecule has 0 bridgehead atoms. The Labute approximate surface area is 512 Å². The first kappa shape index (κ1) is 61.8. The summed E-state index contributed by atoms with van der Waals surface area (Å²) in [5.74, 6) is -2.57. The van der Waals surface area contributed by atoms with Crippen LogP contribution in [-0.4, -0.2) is 113 Å². The lowest BCUT2D eigenvalue weighted by Gasteiger charge is -2.35. The van der Waals surface area contributed by atoms with E-state index < -0.39 is 71.5 Å². The number of hydrogen-bond acceptors (Lipinski definition) is 12. The number of nitrogens with one attached hydrogen (secondary N) is 4. The number of primary amides is 1. The van der Waals surface area contributed by atoms with Crippen LogP contribution in [0.3, 0.4) is 0 Å². The molecule has 0 radical (unpaired) electrons. The van der Waals surface area contributed by atoms with Crippen LogP contribution in [0.1, 0.15) is 129 Å². The van der Waals surface area contributed by atoms with Gasteiger partial charge in [0.2, 0.25) is 35.4 Å².